The molecular weight excluding hydrogens is 651 g/mol. The summed E-state index contributed by atoms with van der Waals surface area (Å²) in [7, 11) is 0. The number of aromatic nitrogens is 2. The van der Waals surface area contributed by atoms with Crippen molar-refractivity contribution < 1.29 is 49.0 Å². The summed E-state index contributed by atoms with van der Waals surface area (Å²) in [6, 6.07) is 12.5. The van der Waals surface area contributed by atoms with Crippen molar-refractivity contribution >= 4 is 0 Å². The molecule has 5 aromatic rings. The molecule has 0 radical (unpaired) electrons. The van der Waals surface area contributed by atoms with Gasteiger partial charge in [0.05, 0.1) is 5.56 Å². The summed E-state index contributed by atoms with van der Waals surface area (Å²) in [4.78, 5) is 8.44. The third-order valence-corrected chi connectivity index (χ3v) is 7.25. The van der Waals surface area contributed by atoms with E-state index in [4.69, 9.17) is 4.74 Å². The maximum atomic E-state index is 15.0. The van der Waals surface area contributed by atoms with Crippen molar-refractivity contribution in [2.45, 2.75) is 45.1 Å². The number of rotatable bonds is 11. The number of hydrogen-bond donors (Lipinski definition) is 0. The highest BCUT2D eigenvalue weighted by Crippen LogP contribution is 2.37. The normalized spacial score (nSPS) is 11.9. The zero-order valence-electron chi connectivity index (χ0n) is 25.0. The number of nitrogens with zero attached hydrogens (tertiary/aromatic N) is 2. The van der Waals surface area contributed by atoms with Gasteiger partial charge in [0.2, 0.25) is 5.75 Å². The smallest absolute Gasteiger partial charge is 0.429 e. The molecule has 0 fully saturated rings. The Morgan fingerprint density at radius 1 is 0.604 bits per heavy atom. The molecule has 0 atom stereocenters. The molecule has 250 valence electrons. The van der Waals surface area contributed by atoms with Crippen LogP contribution in [0.1, 0.15) is 37.3 Å². The minimum atomic E-state index is -5.34. The van der Waals surface area contributed by atoms with Crippen molar-refractivity contribution in [3.05, 3.63) is 120 Å². The minimum Gasteiger partial charge on any atom is -0.429 e. The number of aryl methyl sites for hydroxylation is 1. The first-order valence-electron chi connectivity index (χ1n) is 14.6. The van der Waals surface area contributed by atoms with E-state index in [0.29, 0.717) is 17.7 Å². The molecule has 0 spiro atoms. The molecular formula is C35H25F9N2O2. The van der Waals surface area contributed by atoms with Gasteiger partial charge >= 0.3 is 12.5 Å². The Hall–Kier alpha value is -5.07. The highest BCUT2D eigenvalue weighted by Gasteiger charge is 2.38. The summed E-state index contributed by atoms with van der Waals surface area (Å²) < 4.78 is 134. The Bertz CT molecular complexity index is 1870. The van der Waals surface area contributed by atoms with E-state index in [1.54, 1.807) is 12.4 Å². The molecule has 1 aromatic heterocycles. The number of ether oxygens (including phenoxy) is 2. The van der Waals surface area contributed by atoms with Gasteiger partial charge in [-0.3, -0.25) is 0 Å². The van der Waals surface area contributed by atoms with Crippen LogP contribution in [0.3, 0.4) is 0 Å². The van der Waals surface area contributed by atoms with Gasteiger partial charge in [-0.05, 0) is 77.6 Å². The van der Waals surface area contributed by atoms with Crippen molar-refractivity contribution in [1.29, 1.82) is 0 Å². The zero-order chi connectivity index (χ0) is 34.6. The van der Waals surface area contributed by atoms with Gasteiger partial charge in [-0.2, -0.15) is 8.78 Å². The van der Waals surface area contributed by atoms with Gasteiger partial charge in [0.15, 0.2) is 17.5 Å². The fourth-order valence-electron chi connectivity index (χ4n) is 4.88. The van der Waals surface area contributed by atoms with Crippen LogP contribution in [-0.4, -0.2) is 16.3 Å². The predicted octanol–water partition coefficient (Wildman–Crippen LogP) is 10.8. The number of benzene rings is 4. The highest BCUT2D eigenvalue weighted by molar-refractivity contribution is 5.72. The second-order valence-electron chi connectivity index (χ2n) is 10.7. The first kappa shape index (κ1) is 34.3. The van der Waals surface area contributed by atoms with Crippen LogP contribution in [-0.2, 0) is 12.5 Å². The molecule has 4 nitrogen and oxygen atoms in total. The molecule has 0 aliphatic carbocycles. The third-order valence-electron chi connectivity index (χ3n) is 7.25. The summed E-state index contributed by atoms with van der Waals surface area (Å²) in [6.07, 6.45) is -2.28. The zero-order valence-corrected chi connectivity index (χ0v) is 25.0. The van der Waals surface area contributed by atoms with Crippen molar-refractivity contribution in [2.75, 3.05) is 0 Å². The topological polar surface area (TPSA) is 44.2 Å². The van der Waals surface area contributed by atoms with Crippen molar-refractivity contribution in [3.8, 4) is 45.1 Å². The fourth-order valence-corrected chi connectivity index (χ4v) is 4.88. The van der Waals surface area contributed by atoms with Crippen LogP contribution in [0.4, 0.5) is 39.5 Å². The van der Waals surface area contributed by atoms with Crippen LogP contribution in [0.25, 0.3) is 33.6 Å². The number of unbranched alkanes of at least 4 members (excludes halogenated alkanes) is 2. The van der Waals surface area contributed by atoms with E-state index >= 15 is 8.78 Å². The van der Waals surface area contributed by atoms with Crippen LogP contribution in [0.2, 0.25) is 0 Å². The Labute approximate surface area is 268 Å². The largest absolute Gasteiger partial charge is 0.573 e. The Kier molecular flexibility index (Phi) is 9.97. The van der Waals surface area contributed by atoms with E-state index < -0.39 is 52.6 Å². The Morgan fingerprint density at radius 3 is 1.77 bits per heavy atom. The van der Waals surface area contributed by atoms with Gasteiger partial charge in [0.1, 0.15) is 17.4 Å². The van der Waals surface area contributed by atoms with Gasteiger partial charge in [-0.15, -0.1) is 13.2 Å². The lowest BCUT2D eigenvalue weighted by atomic mass is 9.99. The Morgan fingerprint density at radius 2 is 1.19 bits per heavy atom. The summed E-state index contributed by atoms with van der Waals surface area (Å²) in [5, 5.41) is 0. The van der Waals surface area contributed by atoms with Crippen molar-refractivity contribution in [2.24, 2.45) is 0 Å². The summed E-state index contributed by atoms with van der Waals surface area (Å²) >= 11 is 0. The molecule has 0 unspecified atom stereocenters. The van der Waals surface area contributed by atoms with Crippen LogP contribution in [0.15, 0.2) is 85.2 Å². The maximum Gasteiger partial charge on any atom is 0.573 e. The molecule has 4 aromatic carbocycles. The molecule has 0 aliphatic heterocycles. The first-order chi connectivity index (χ1) is 22.7. The summed E-state index contributed by atoms with van der Waals surface area (Å²) in [6.45, 7) is 2.09. The monoisotopic (exact) mass is 676 g/mol. The third kappa shape index (κ3) is 8.07. The summed E-state index contributed by atoms with van der Waals surface area (Å²) in [5.41, 5.74) is -0.0584. The molecule has 0 saturated heterocycles. The Balaban J connectivity index is 1.28. The quantitative estimate of drug-likeness (QED) is 0.103. The van der Waals surface area contributed by atoms with E-state index in [1.807, 2.05) is 0 Å². The predicted molar refractivity (Wildman–Crippen MR) is 159 cm³/mol. The summed E-state index contributed by atoms with van der Waals surface area (Å²) in [5.74, 6) is -7.42. The van der Waals surface area contributed by atoms with Crippen LogP contribution < -0.4 is 9.47 Å². The number of alkyl halides is 5. The van der Waals surface area contributed by atoms with E-state index in [-0.39, 0.29) is 28.3 Å². The SMILES string of the molecule is CCCCCc1cnc(-c2ccc(C(F)(F)Oc3ccc(-c4ccc(-c5cc(F)c(OC(F)(F)F)c(F)c5)c(F)c4)cc3)c(F)c2)nc1. The molecule has 13 heteroatoms. The second-order valence-corrected chi connectivity index (χ2v) is 10.7. The average Bonchev–Trinajstić information content (AvgIpc) is 3.03. The molecule has 0 bridgehead atoms. The lowest BCUT2D eigenvalue weighted by Gasteiger charge is -2.19. The average molecular weight is 677 g/mol. The lowest BCUT2D eigenvalue weighted by Crippen LogP contribution is -2.23. The first-order valence-corrected chi connectivity index (χ1v) is 14.6. The van der Waals surface area contributed by atoms with Crippen molar-refractivity contribution in [3.63, 3.8) is 0 Å². The molecule has 5 rings (SSSR count). The molecule has 0 aliphatic rings. The van der Waals surface area contributed by atoms with Gasteiger partial charge in [0, 0.05) is 23.5 Å². The standard InChI is InChI=1S/C35H25F9N2O2/c1-2-3-4-5-20-18-45-33(46-19-20)23-9-13-27(29(37)15-23)34(40,41)47-25-10-6-21(7-11-25)22-8-12-26(28(36)14-22)24-16-30(38)32(31(39)17-24)48-35(42,43)44/h6-19H,2-5H2,1H3. The van der Waals surface area contributed by atoms with Crippen LogP contribution in [0.5, 0.6) is 11.5 Å². The van der Waals surface area contributed by atoms with E-state index in [1.165, 1.54) is 24.3 Å². The second kappa shape index (κ2) is 14.0. The van der Waals surface area contributed by atoms with E-state index in [9.17, 15) is 30.7 Å². The van der Waals surface area contributed by atoms with Crippen molar-refractivity contribution in [1.82, 2.24) is 9.97 Å². The number of hydrogen-bond acceptors (Lipinski definition) is 4. The van der Waals surface area contributed by atoms with Gasteiger partial charge in [-0.1, -0.05) is 50.1 Å². The number of halogens is 9. The van der Waals surface area contributed by atoms with E-state index in [0.717, 1.165) is 67.6 Å². The van der Waals surface area contributed by atoms with Gasteiger partial charge in [0.25, 0.3) is 0 Å². The van der Waals surface area contributed by atoms with Gasteiger partial charge in [-0.25, -0.2) is 27.5 Å². The molecule has 0 amide bonds. The minimum absolute atomic E-state index is 0.178. The lowest BCUT2D eigenvalue weighted by molar-refractivity contribution is -0.276. The maximum absolute atomic E-state index is 15.0. The molecule has 48 heavy (non-hydrogen) atoms. The van der Waals surface area contributed by atoms with Crippen LogP contribution in [0, 0.1) is 23.3 Å². The molecule has 1 heterocycles. The van der Waals surface area contributed by atoms with Crippen LogP contribution >= 0.6 is 0 Å². The van der Waals surface area contributed by atoms with E-state index in [2.05, 4.69) is 21.6 Å². The fraction of sp³-hybridized carbons (Fsp3) is 0.200. The molecule has 0 N–H and O–H groups in total. The van der Waals surface area contributed by atoms with Gasteiger partial charge < -0.3 is 9.47 Å². The highest BCUT2D eigenvalue weighted by atomic mass is 19.4. The molecule has 0 saturated carbocycles.